The molecule has 1 saturated heterocycles. The summed E-state index contributed by atoms with van der Waals surface area (Å²) in [4.78, 5) is 17.4. The molecule has 5 rings (SSSR count). The first-order valence-corrected chi connectivity index (χ1v) is 14.7. The second-order valence-corrected chi connectivity index (χ2v) is 11.3. The molecule has 4 aromatic rings. The van der Waals surface area contributed by atoms with Crippen LogP contribution in [0.1, 0.15) is 49.0 Å². The first-order chi connectivity index (χ1) is 19.1. The molecule has 1 fully saturated rings. The van der Waals surface area contributed by atoms with Crippen molar-refractivity contribution in [2.45, 2.75) is 33.1 Å². The van der Waals surface area contributed by atoms with E-state index in [0.717, 1.165) is 81.7 Å². The molecule has 0 amide bonds. The normalized spacial score (nSPS) is 15.5. The Morgan fingerprint density at radius 3 is 2.36 bits per heavy atom. The molecule has 3 aromatic carbocycles. The topological polar surface area (TPSA) is 48.0 Å². The van der Waals surface area contributed by atoms with Gasteiger partial charge in [-0.3, -0.25) is 9.69 Å². The fraction of sp³-hybridized carbons (Fsp3) is 0.364. The van der Waals surface area contributed by atoms with Crippen LogP contribution in [-0.4, -0.2) is 50.6 Å². The number of carbonyl (C=O) groups is 1. The molecule has 0 spiro atoms. The van der Waals surface area contributed by atoms with Crippen LogP contribution in [0.2, 0.25) is 0 Å². The molecule has 0 N–H and O–H groups in total. The first-order valence-electron chi connectivity index (χ1n) is 13.9. The molecule has 1 aromatic heterocycles. The van der Waals surface area contributed by atoms with E-state index in [2.05, 4.69) is 24.8 Å². The number of fused-ring (bicyclic) bond motifs is 1. The van der Waals surface area contributed by atoms with E-state index in [1.165, 1.54) is 6.42 Å². The summed E-state index contributed by atoms with van der Waals surface area (Å²) in [6, 6.07) is 21.5. The van der Waals surface area contributed by atoms with Crippen LogP contribution in [0.3, 0.4) is 0 Å². The van der Waals surface area contributed by atoms with Crippen molar-refractivity contribution in [2.75, 3.05) is 40.0 Å². The van der Waals surface area contributed by atoms with E-state index in [1.807, 2.05) is 60.7 Å². The van der Waals surface area contributed by atoms with Gasteiger partial charge in [-0.2, -0.15) is 0 Å². The fourth-order valence-corrected chi connectivity index (χ4v) is 6.27. The van der Waals surface area contributed by atoms with Gasteiger partial charge in [-0.25, -0.2) is 0 Å². The van der Waals surface area contributed by atoms with E-state index in [0.29, 0.717) is 18.8 Å². The average molecular weight is 544 g/mol. The van der Waals surface area contributed by atoms with E-state index in [4.69, 9.17) is 14.2 Å². The third-order valence-electron chi connectivity index (χ3n) is 7.31. The van der Waals surface area contributed by atoms with Crippen molar-refractivity contribution in [3.8, 4) is 27.7 Å². The molecule has 2 heterocycles. The maximum atomic E-state index is 14.0. The van der Waals surface area contributed by atoms with Crippen molar-refractivity contribution in [1.29, 1.82) is 0 Å². The maximum absolute atomic E-state index is 14.0. The summed E-state index contributed by atoms with van der Waals surface area (Å²) >= 11 is 1.62. The summed E-state index contributed by atoms with van der Waals surface area (Å²) in [5.41, 5.74) is 2.36. The zero-order chi connectivity index (χ0) is 27.2. The number of rotatable bonds is 12. The Balaban J connectivity index is 1.39. The zero-order valence-electron chi connectivity index (χ0n) is 23.1. The SMILES string of the molecule is CCCCOc1ccc2c(C(=O)c3ccc(OCCN4CCC(C)C4)cc3)c(-c3ccc(OC)cc3)sc2c1. The van der Waals surface area contributed by atoms with Gasteiger partial charge >= 0.3 is 0 Å². The highest BCUT2D eigenvalue weighted by Crippen LogP contribution is 2.41. The van der Waals surface area contributed by atoms with Crippen LogP contribution in [0.5, 0.6) is 17.2 Å². The summed E-state index contributed by atoms with van der Waals surface area (Å²) in [7, 11) is 1.66. The van der Waals surface area contributed by atoms with Gasteiger partial charge in [0, 0.05) is 39.2 Å². The maximum Gasteiger partial charge on any atom is 0.195 e. The molecule has 204 valence electrons. The van der Waals surface area contributed by atoms with Gasteiger partial charge in [0.2, 0.25) is 0 Å². The molecule has 0 aliphatic carbocycles. The number of methoxy groups -OCH3 is 1. The number of thiophene rings is 1. The van der Waals surface area contributed by atoms with Crippen molar-refractivity contribution in [2.24, 2.45) is 5.92 Å². The van der Waals surface area contributed by atoms with Crippen LogP contribution < -0.4 is 14.2 Å². The number of likely N-dealkylation sites (tertiary alicyclic amines) is 1. The van der Waals surface area contributed by atoms with Crippen LogP contribution in [0, 0.1) is 5.92 Å². The molecule has 0 bridgehead atoms. The molecule has 5 nitrogen and oxygen atoms in total. The van der Waals surface area contributed by atoms with Crippen molar-refractivity contribution in [3.05, 3.63) is 77.9 Å². The third-order valence-corrected chi connectivity index (χ3v) is 8.51. The molecular weight excluding hydrogens is 506 g/mol. The molecule has 1 atom stereocenters. The second-order valence-electron chi connectivity index (χ2n) is 10.3. The highest BCUT2D eigenvalue weighted by atomic mass is 32.1. The molecule has 6 heteroatoms. The van der Waals surface area contributed by atoms with E-state index >= 15 is 0 Å². The number of unbranched alkanes of at least 4 members (excludes halogenated alkanes) is 1. The van der Waals surface area contributed by atoms with Gasteiger partial charge in [0.1, 0.15) is 23.9 Å². The first kappa shape index (κ1) is 27.2. The Kier molecular flexibility index (Phi) is 8.84. The van der Waals surface area contributed by atoms with Crippen molar-refractivity contribution < 1.29 is 19.0 Å². The smallest absolute Gasteiger partial charge is 0.195 e. The van der Waals surface area contributed by atoms with Crippen LogP contribution in [0.25, 0.3) is 20.5 Å². The lowest BCUT2D eigenvalue weighted by Crippen LogP contribution is -2.25. The predicted octanol–water partition coefficient (Wildman–Crippen LogP) is 7.71. The number of carbonyl (C=O) groups excluding carboxylic acids is 1. The van der Waals surface area contributed by atoms with E-state index in [1.54, 1.807) is 18.4 Å². The lowest BCUT2D eigenvalue weighted by molar-refractivity contribution is 0.104. The Bertz CT molecular complexity index is 1390. The van der Waals surface area contributed by atoms with Crippen LogP contribution >= 0.6 is 11.3 Å². The Labute approximate surface area is 235 Å². The minimum atomic E-state index is 0.00400. The van der Waals surface area contributed by atoms with E-state index < -0.39 is 0 Å². The second kappa shape index (κ2) is 12.7. The summed E-state index contributed by atoms with van der Waals surface area (Å²) in [6.45, 7) is 9.02. The Hall–Kier alpha value is -3.35. The molecule has 0 radical (unpaired) electrons. The number of hydrogen-bond donors (Lipinski definition) is 0. The minimum Gasteiger partial charge on any atom is -0.497 e. The van der Waals surface area contributed by atoms with Gasteiger partial charge in [0.05, 0.1) is 13.7 Å². The summed E-state index contributed by atoms with van der Waals surface area (Å²) < 4.78 is 18.3. The number of benzene rings is 3. The predicted molar refractivity (Wildman–Crippen MR) is 160 cm³/mol. The molecular formula is C33H37NO4S. The number of ketones is 1. The lowest BCUT2D eigenvalue weighted by Gasteiger charge is -2.15. The zero-order valence-corrected chi connectivity index (χ0v) is 23.9. The third kappa shape index (κ3) is 6.45. The molecule has 1 unspecified atom stereocenters. The van der Waals surface area contributed by atoms with Gasteiger partial charge in [-0.1, -0.05) is 20.3 Å². The van der Waals surface area contributed by atoms with Crippen LogP contribution in [-0.2, 0) is 0 Å². The van der Waals surface area contributed by atoms with Crippen molar-refractivity contribution in [1.82, 2.24) is 4.90 Å². The van der Waals surface area contributed by atoms with E-state index in [-0.39, 0.29) is 5.78 Å². The Morgan fingerprint density at radius 1 is 0.949 bits per heavy atom. The van der Waals surface area contributed by atoms with Crippen molar-refractivity contribution in [3.63, 3.8) is 0 Å². The summed E-state index contributed by atoms with van der Waals surface area (Å²) in [5.74, 6) is 3.19. The molecule has 1 aliphatic rings. The van der Waals surface area contributed by atoms with Gasteiger partial charge in [0.25, 0.3) is 0 Å². The average Bonchev–Trinajstić information content (AvgIpc) is 3.56. The van der Waals surface area contributed by atoms with Crippen LogP contribution in [0.15, 0.2) is 66.7 Å². The fourth-order valence-electron chi connectivity index (χ4n) is 5.04. The highest BCUT2D eigenvalue weighted by molar-refractivity contribution is 7.22. The van der Waals surface area contributed by atoms with Gasteiger partial charge < -0.3 is 14.2 Å². The molecule has 1 aliphatic heterocycles. The Morgan fingerprint density at radius 2 is 1.67 bits per heavy atom. The molecule has 0 saturated carbocycles. The summed E-state index contributed by atoms with van der Waals surface area (Å²) in [6.07, 6.45) is 3.36. The van der Waals surface area contributed by atoms with Crippen LogP contribution in [0.4, 0.5) is 0 Å². The van der Waals surface area contributed by atoms with E-state index in [9.17, 15) is 4.79 Å². The van der Waals surface area contributed by atoms with Gasteiger partial charge in [0.15, 0.2) is 5.78 Å². The van der Waals surface area contributed by atoms with Gasteiger partial charge in [-0.15, -0.1) is 11.3 Å². The number of nitrogens with zero attached hydrogens (tertiary/aromatic N) is 1. The number of ether oxygens (including phenoxy) is 3. The number of hydrogen-bond acceptors (Lipinski definition) is 6. The monoisotopic (exact) mass is 543 g/mol. The molecule has 39 heavy (non-hydrogen) atoms. The highest BCUT2D eigenvalue weighted by Gasteiger charge is 2.22. The minimum absolute atomic E-state index is 0.00400. The van der Waals surface area contributed by atoms with Gasteiger partial charge in [-0.05, 0) is 97.6 Å². The lowest BCUT2D eigenvalue weighted by atomic mass is 9.97. The largest absolute Gasteiger partial charge is 0.497 e. The van der Waals surface area contributed by atoms with Crippen molar-refractivity contribution >= 4 is 27.2 Å². The quantitative estimate of drug-likeness (QED) is 0.135. The standard InChI is InChI=1S/C33H37NO4S/c1-4-5-19-37-28-14-15-29-30(21-28)39-33(25-8-10-26(36-3)11-9-25)31(29)32(35)24-6-12-27(13-7-24)38-20-18-34-17-16-23(2)22-34/h6-15,21,23H,4-5,16-20,22H2,1-3H3. The summed E-state index contributed by atoms with van der Waals surface area (Å²) in [5, 5.41) is 0.943.